The highest BCUT2D eigenvalue weighted by Gasteiger charge is 2.47. The van der Waals surface area contributed by atoms with Crippen LogP contribution in [0.4, 0.5) is 0 Å². The van der Waals surface area contributed by atoms with E-state index in [1.54, 1.807) is 0 Å². The predicted molar refractivity (Wildman–Crippen MR) is 275 cm³/mol. The number of hydrogen-bond acceptors (Lipinski definition) is 15. The van der Waals surface area contributed by atoms with E-state index in [0.717, 1.165) is 57.8 Å². The minimum Gasteiger partial charge on any atom is -0.462 e. The third kappa shape index (κ3) is 30.8. The van der Waals surface area contributed by atoms with Gasteiger partial charge in [0, 0.05) is 12.8 Å². The molecule has 2 fully saturated rings. The van der Waals surface area contributed by atoms with Crippen molar-refractivity contribution < 1.29 is 73.8 Å². The van der Waals surface area contributed by atoms with E-state index < -0.39 is 99.3 Å². The maximum absolute atomic E-state index is 13.0. The van der Waals surface area contributed by atoms with E-state index >= 15 is 0 Å². The first-order valence-electron chi connectivity index (χ1n) is 28.4. The second-order valence-corrected chi connectivity index (χ2v) is 20.1. The van der Waals surface area contributed by atoms with Crippen LogP contribution in [-0.4, -0.2) is 142 Å². The van der Waals surface area contributed by atoms with E-state index in [4.69, 9.17) is 28.4 Å². The van der Waals surface area contributed by atoms with E-state index in [1.807, 2.05) is 0 Å². The Labute approximate surface area is 428 Å². The van der Waals surface area contributed by atoms with Gasteiger partial charge in [0.25, 0.3) is 0 Å². The minimum atomic E-state index is -1.77. The molecule has 2 heterocycles. The molecule has 71 heavy (non-hydrogen) atoms. The van der Waals surface area contributed by atoms with Gasteiger partial charge in [-0.1, -0.05) is 179 Å². The maximum Gasteiger partial charge on any atom is 0.306 e. The number of hydrogen-bond donors (Lipinski definition) is 7. The Bertz CT molecular complexity index is 1330. The lowest BCUT2D eigenvalue weighted by molar-refractivity contribution is -0.332. The monoisotopic (exact) mass is 1010 g/mol. The van der Waals surface area contributed by atoms with Crippen molar-refractivity contribution in [1.29, 1.82) is 0 Å². The summed E-state index contributed by atoms with van der Waals surface area (Å²) in [7, 11) is 0. The molecule has 0 radical (unpaired) electrons. The molecule has 0 saturated carbocycles. The predicted octanol–water partition coefficient (Wildman–Crippen LogP) is 9.11. The summed E-state index contributed by atoms with van der Waals surface area (Å²) < 4.78 is 33.6. The molecule has 0 amide bonds. The zero-order valence-electron chi connectivity index (χ0n) is 44.2. The third-order valence-corrected chi connectivity index (χ3v) is 13.7. The quantitative estimate of drug-likeness (QED) is 0.0171. The van der Waals surface area contributed by atoms with Gasteiger partial charge >= 0.3 is 11.9 Å². The fraction of sp³-hybridized carbons (Fsp3) is 0.893. The van der Waals surface area contributed by atoms with Crippen LogP contribution in [0, 0.1) is 0 Å². The van der Waals surface area contributed by atoms with Crippen LogP contribution >= 0.6 is 0 Å². The summed E-state index contributed by atoms with van der Waals surface area (Å²) in [6, 6.07) is 0. The zero-order valence-corrected chi connectivity index (χ0v) is 44.2. The van der Waals surface area contributed by atoms with Gasteiger partial charge in [0.05, 0.1) is 19.8 Å². The number of allylic oxidation sites excluding steroid dienone is 4. The fourth-order valence-electron chi connectivity index (χ4n) is 8.98. The van der Waals surface area contributed by atoms with Crippen LogP contribution < -0.4 is 0 Å². The largest absolute Gasteiger partial charge is 0.462 e. The topological polar surface area (TPSA) is 231 Å². The molecule has 2 rings (SSSR count). The highest BCUT2D eigenvalue weighted by molar-refractivity contribution is 5.70. The summed E-state index contributed by atoms with van der Waals surface area (Å²) in [6.45, 7) is 2.56. The fourth-order valence-corrected chi connectivity index (χ4v) is 8.98. The molecule has 0 bridgehead atoms. The van der Waals surface area contributed by atoms with Crippen molar-refractivity contribution in [2.24, 2.45) is 0 Å². The number of carbonyl (C=O) groups is 2. The number of unbranched alkanes of at least 4 members (excludes halogenated alkanes) is 27. The summed E-state index contributed by atoms with van der Waals surface area (Å²) >= 11 is 0. The average Bonchev–Trinajstić information content (AvgIpc) is 3.36. The van der Waals surface area contributed by atoms with Gasteiger partial charge in [0.2, 0.25) is 0 Å². The number of rotatable bonds is 45. The molecule has 11 atom stereocenters. The van der Waals surface area contributed by atoms with Crippen LogP contribution in [0.1, 0.15) is 226 Å². The van der Waals surface area contributed by atoms with E-state index in [9.17, 15) is 45.3 Å². The maximum atomic E-state index is 13.0. The molecule has 0 aliphatic carbocycles. The molecule has 2 saturated heterocycles. The van der Waals surface area contributed by atoms with Crippen molar-refractivity contribution in [2.75, 3.05) is 26.4 Å². The van der Waals surface area contributed by atoms with Crippen molar-refractivity contribution in [3.05, 3.63) is 24.3 Å². The van der Waals surface area contributed by atoms with Gasteiger partial charge in [-0.05, 0) is 57.8 Å². The molecule has 0 spiro atoms. The zero-order chi connectivity index (χ0) is 51.7. The lowest BCUT2D eigenvalue weighted by Crippen LogP contribution is -2.61. The molecular formula is C56H102O15. The molecule has 7 N–H and O–H groups in total. The van der Waals surface area contributed by atoms with Gasteiger partial charge in [0.1, 0.15) is 55.4 Å². The number of aliphatic hydroxyl groups excluding tert-OH is 7. The lowest BCUT2D eigenvalue weighted by atomic mass is 9.98. The van der Waals surface area contributed by atoms with Gasteiger partial charge in [0.15, 0.2) is 18.7 Å². The average molecular weight is 1020 g/mol. The van der Waals surface area contributed by atoms with Gasteiger partial charge in [-0.3, -0.25) is 9.59 Å². The minimum absolute atomic E-state index is 0.151. The van der Waals surface area contributed by atoms with Crippen molar-refractivity contribution in [3.63, 3.8) is 0 Å². The molecule has 416 valence electrons. The number of esters is 2. The first-order chi connectivity index (χ1) is 34.5. The summed E-state index contributed by atoms with van der Waals surface area (Å²) in [5.41, 5.74) is 0. The number of aliphatic hydroxyl groups is 7. The van der Waals surface area contributed by atoms with E-state index in [2.05, 4.69) is 38.2 Å². The Morgan fingerprint density at radius 3 is 1.31 bits per heavy atom. The SMILES string of the molecule is CCCCC/C=C/CCCCCCCC(=O)O[C@@H](COC(=O)CCC/C=C/CCCCCCCCCCCCCCCCCCCC)CO[C@@H]1O[C@H](CO[C@@H]2O[C@H](CO)[C@H](O)C(O)C2O)[C@H](O)C(O)C1O. The van der Waals surface area contributed by atoms with Crippen molar-refractivity contribution >= 4 is 11.9 Å². The van der Waals surface area contributed by atoms with Crippen LogP contribution in [0.15, 0.2) is 24.3 Å². The van der Waals surface area contributed by atoms with E-state index in [1.165, 1.54) is 128 Å². The second-order valence-electron chi connectivity index (χ2n) is 20.1. The smallest absolute Gasteiger partial charge is 0.306 e. The van der Waals surface area contributed by atoms with E-state index in [0.29, 0.717) is 12.8 Å². The van der Waals surface area contributed by atoms with Crippen LogP contribution in [0.25, 0.3) is 0 Å². The molecule has 15 heteroatoms. The highest BCUT2D eigenvalue weighted by atomic mass is 16.7. The Morgan fingerprint density at radius 2 is 0.817 bits per heavy atom. The Kier molecular flexibility index (Phi) is 39.6. The van der Waals surface area contributed by atoms with Gasteiger partial charge in [-0.25, -0.2) is 0 Å². The molecule has 15 nitrogen and oxygen atoms in total. The molecule has 2 aliphatic rings. The highest BCUT2D eigenvalue weighted by Crippen LogP contribution is 2.27. The summed E-state index contributed by atoms with van der Waals surface area (Å²) in [5, 5.41) is 72.1. The van der Waals surface area contributed by atoms with E-state index in [-0.39, 0.29) is 19.4 Å². The molecule has 4 unspecified atom stereocenters. The van der Waals surface area contributed by atoms with Crippen LogP contribution in [0.5, 0.6) is 0 Å². The van der Waals surface area contributed by atoms with Crippen molar-refractivity contribution in [2.45, 2.75) is 293 Å². The Balaban J connectivity index is 1.73. The Morgan fingerprint density at radius 1 is 0.437 bits per heavy atom. The first-order valence-corrected chi connectivity index (χ1v) is 28.4. The van der Waals surface area contributed by atoms with Crippen LogP contribution in [0.2, 0.25) is 0 Å². The summed E-state index contributed by atoms with van der Waals surface area (Å²) in [6.07, 6.45) is 29.4. The van der Waals surface area contributed by atoms with Crippen molar-refractivity contribution in [3.8, 4) is 0 Å². The Hall–Kier alpha value is -2.02. The lowest BCUT2D eigenvalue weighted by Gasteiger charge is -2.42. The van der Waals surface area contributed by atoms with Crippen LogP contribution in [-0.2, 0) is 38.0 Å². The van der Waals surface area contributed by atoms with Crippen molar-refractivity contribution in [1.82, 2.24) is 0 Å². The molecular weight excluding hydrogens is 913 g/mol. The van der Waals surface area contributed by atoms with Gasteiger partial charge in [-0.15, -0.1) is 0 Å². The number of carbonyl (C=O) groups excluding carboxylic acids is 2. The second kappa shape index (κ2) is 43.2. The third-order valence-electron chi connectivity index (χ3n) is 13.7. The molecule has 0 aromatic heterocycles. The molecule has 0 aromatic carbocycles. The molecule has 2 aliphatic heterocycles. The number of ether oxygens (including phenoxy) is 6. The molecule has 0 aromatic rings. The normalized spacial score (nSPS) is 25.3. The van der Waals surface area contributed by atoms with Gasteiger partial charge in [-0.2, -0.15) is 0 Å². The van der Waals surface area contributed by atoms with Crippen LogP contribution in [0.3, 0.4) is 0 Å². The first kappa shape index (κ1) is 65.1. The standard InChI is InChI=1S/C56H102O15/c1-3-5-7-9-11-13-15-17-18-19-20-21-22-23-24-25-26-27-29-30-32-34-36-38-47(58)66-41-44(69-48(59)39-37-35-33-31-28-16-14-12-10-8-6-4-2)42-67-55-54(65)52(63)50(61)46(71-55)43-68-56-53(64)51(62)49(60)45(40-57)70-56/h12,14,30,32,44-46,49-57,60-65H,3-11,13,15-29,31,33-43H2,1-2H3/b14-12+,32-30+/t44-,45+,46+,49-,50-,51?,52?,53?,54?,55+,56+/m0/s1. The summed E-state index contributed by atoms with van der Waals surface area (Å²) in [5.74, 6) is -0.965. The van der Waals surface area contributed by atoms with Gasteiger partial charge < -0.3 is 64.2 Å². The summed E-state index contributed by atoms with van der Waals surface area (Å²) in [4.78, 5) is 25.8.